The minimum atomic E-state index is -1.38. The average Bonchev–Trinajstić information content (AvgIpc) is 3.02. The Kier molecular flexibility index (Phi) is 6.09. The number of nitrogens with one attached hydrogen (secondary N) is 2. The normalized spacial score (nSPS) is 22.2. The van der Waals surface area contributed by atoms with E-state index in [2.05, 4.69) is 20.7 Å². The summed E-state index contributed by atoms with van der Waals surface area (Å²) in [6.45, 7) is 6.87. The van der Waals surface area contributed by atoms with Gasteiger partial charge in [0.25, 0.3) is 0 Å². The Bertz CT molecular complexity index is 937. The van der Waals surface area contributed by atoms with Crippen LogP contribution in [0, 0.1) is 5.92 Å². The Labute approximate surface area is 175 Å². The summed E-state index contributed by atoms with van der Waals surface area (Å²) in [6.07, 6.45) is 1.53. The number of alkyl halides is 1. The summed E-state index contributed by atoms with van der Waals surface area (Å²) >= 11 is 0. The molecule has 1 aliphatic heterocycles. The molecule has 162 valence electrons. The molecule has 0 radical (unpaired) electrons. The fraction of sp³-hybridized carbons (Fsp3) is 0.524. The third-order valence-corrected chi connectivity index (χ3v) is 4.99. The fourth-order valence-electron chi connectivity index (χ4n) is 3.39. The smallest absolute Gasteiger partial charge is 0.408 e. The van der Waals surface area contributed by atoms with Crippen LogP contribution in [0.5, 0.6) is 0 Å². The number of amides is 2. The van der Waals surface area contributed by atoms with E-state index in [1.54, 1.807) is 51.7 Å². The first-order chi connectivity index (χ1) is 14.0. The summed E-state index contributed by atoms with van der Waals surface area (Å²) in [5.74, 6) is -1.27. The van der Waals surface area contributed by atoms with E-state index in [0.29, 0.717) is 17.1 Å². The number of carbonyl (C=O) groups excluding carboxylic acids is 2. The molecule has 2 aromatic heterocycles. The second kappa shape index (κ2) is 8.41. The van der Waals surface area contributed by atoms with Crippen LogP contribution in [-0.2, 0) is 16.6 Å². The van der Waals surface area contributed by atoms with Gasteiger partial charge in [-0.2, -0.15) is 5.10 Å². The number of fused-ring (bicyclic) bond motifs is 4. The lowest BCUT2D eigenvalue weighted by Crippen LogP contribution is -2.36. The third-order valence-electron chi connectivity index (χ3n) is 4.99. The number of anilines is 1. The molecule has 0 saturated heterocycles. The van der Waals surface area contributed by atoms with Crippen molar-refractivity contribution in [1.82, 2.24) is 20.1 Å². The summed E-state index contributed by atoms with van der Waals surface area (Å²) in [5.41, 5.74) is 1.86. The highest BCUT2D eigenvalue weighted by atomic mass is 19.1. The maximum absolute atomic E-state index is 14.8. The molecule has 3 heterocycles. The molecule has 0 spiro atoms. The van der Waals surface area contributed by atoms with Crippen molar-refractivity contribution in [2.45, 2.75) is 58.4 Å². The molecule has 2 aromatic rings. The maximum atomic E-state index is 14.8. The molecule has 0 aromatic carbocycles. The van der Waals surface area contributed by atoms with Gasteiger partial charge >= 0.3 is 6.09 Å². The highest BCUT2D eigenvalue weighted by Gasteiger charge is 2.29. The number of hydrogen-bond donors (Lipinski definition) is 2. The van der Waals surface area contributed by atoms with Gasteiger partial charge in [0.1, 0.15) is 11.8 Å². The molecule has 3 atom stereocenters. The first-order valence-corrected chi connectivity index (χ1v) is 9.98. The van der Waals surface area contributed by atoms with Crippen LogP contribution in [0.2, 0.25) is 0 Å². The van der Waals surface area contributed by atoms with E-state index in [9.17, 15) is 14.0 Å². The van der Waals surface area contributed by atoms with Gasteiger partial charge in [0, 0.05) is 18.8 Å². The van der Waals surface area contributed by atoms with Gasteiger partial charge in [0.15, 0.2) is 0 Å². The molecular formula is C21H28FN5O3. The van der Waals surface area contributed by atoms with Crippen molar-refractivity contribution in [2.24, 2.45) is 13.0 Å². The van der Waals surface area contributed by atoms with Crippen molar-refractivity contribution in [1.29, 1.82) is 0 Å². The molecule has 8 nitrogen and oxygen atoms in total. The molecule has 2 N–H and O–H groups in total. The highest BCUT2D eigenvalue weighted by Crippen LogP contribution is 2.32. The van der Waals surface area contributed by atoms with Crippen molar-refractivity contribution in [3.63, 3.8) is 0 Å². The summed E-state index contributed by atoms with van der Waals surface area (Å²) in [7, 11) is 1.76. The predicted octanol–water partition coefficient (Wildman–Crippen LogP) is 3.75. The molecule has 9 heteroatoms. The molecule has 30 heavy (non-hydrogen) atoms. The predicted molar refractivity (Wildman–Crippen MR) is 110 cm³/mol. The maximum Gasteiger partial charge on any atom is 0.408 e. The highest BCUT2D eigenvalue weighted by molar-refractivity contribution is 5.96. The number of nitrogens with zero attached hydrogens (tertiary/aromatic N) is 3. The fourth-order valence-corrected chi connectivity index (χ4v) is 3.39. The second-order valence-electron chi connectivity index (χ2n) is 8.57. The number of alkyl carbamates (subject to hydrolysis) is 1. The van der Waals surface area contributed by atoms with Crippen LogP contribution in [-0.4, -0.2) is 38.5 Å². The summed E-state index contributed by atoms with van der Waals surface area (Å²) in [6, 6.07) is 3.05. The van der Waals surface area contributed by atoms with Crippen LogP contribution >= 0.6 is 0 Å². The van der Waals surface area contributed by atoms with Crippen molar-refractivity contribution in [3.05, 3.63) is 30.2 Å². The molecule has 3 rings (SSSR count). The van der Waals surface area contributed by atoms with Crippen LogP contribution < -0.4 is 10.6 Å². The molecule has 0 aliphatic carbocycles. The number of hydrogen-bond acceptors (Lipinski definition) is 5. The van der Waals surface area contributed by atoms with Crippen molar-refractivity contribution in [3.8, 4) is 11.3 Å². The van der Waals surface area contributed by atoms with Gasteiger partial charge < -0.3 is 15.4 Å². The molecule has 2 bridgehead atoms. The Hall–Kier alpha value is -2.97. The Morgan fingerprint density at radius 1 is 1.37 bits per heavy atom. The Morgan fingerprint density at radius 3 is 2.80 bits per heavy atom. The van der Waals surface area contributed by atoms with E-state index in [0.717, 1.165) is 5.56 Å². The van der Waals surface area contributed by atoms with Crippen LogP contribution in [0.25, 0.3) is 11.3 Å². The van der Waals surface area contributed by atoms with Crippen LogP contribution in [0.15, 0.2) is 24.5 Å². The van der Waals surface area contributed by atoms with Gasteiger partial charge in [0.2, 0.25) is 5.91 Å². The molecule has 0 fully saturated rings. The van der Waals surface area contributed by atoms with Gasteiger partial charge in [0.05, 0.1) is 35.2 Å². The first-order valence-electron chi connectivity index (χ1n) is 9.98. The largest absolute Gasteiger partial charge is 0.444 e. The quantitative estimate of drug-likeness (QED) is 0.736. The summed E-state index contributed by atoms with van der Waals surface area (Å²) in [5, 5.41) is 9.81. The molecule has 1 unspecified atom stereocenters. The monoisotopic (exact) mass is 417 g/mol. The number of ether oxygens (including phenoxy) is 1. The van der Waals surface area contributed by atoms with Crippen LogP contribution in [0.4, 0.5) is 14.9 Å². The Balaban J connectivity index is 2.02. The number of aromatic nitrogens is 3. The molecule has 0 saturated carbocycles. The first kappa shape index (κ1) is 21.7. The minimum Gasteiger partial charge on any atom is -0.444 e. The van der Waals surface area contributed by atoms with Crippen molar-refractivity contribution < 1.29 is 18.7 Å². The number of rotatable bonds is 1. The van der Waals surface area contributed by atoms with Crippen molar-refractivity contribution >= 4 is 17.7 Å². The third kappa shape index (κ3) is 4.95. The number of aryl methyl sites for hydroxylation is 1. The SMILES string of the molecule is C[C@H]1C(=O)Nc2cnn(C)c2-c2ccnc(c2)[C@@H](NC(=O)OC(C)(C)C)CCC1F. The zero-order valence-corrected chi connectivity index (χ0v) is 17.9. The molecule has 2 amide bonds. The number of pyridine rings is 1. The topological polar surface area (TPSA) is 98.1 Å². The lowest BCUT2D eigenvalue weighted by molar-refractivity contribution is -0.121. The van der Waals surface area contributed by atoms with Crippen molar-refractivity contribution in [2.75, 3.05) is 5.32 Å². The zero-order chi connectivity index (χ0) is 22.1. The summed E-state index contributed by atoms with van der Waals surface area (Å²) < 4.78 is 21.8. The lowest BCUT2D eigenvalue weighted by atomic mass is 9.95. The number of halogens is 1. The molecule has 1 aliphatic rings. The average molecular weight is 417 g/mol. The van der Waals surface area contributed by atoms with E-state index in [-0.39, 0.29) is 12.8 Å². The summed E-state index contributed by atoms with van der Waals surface area (Å²) in [4.78, 5) is 29.3. The van der Waals surface area contributed by atoms with Gasteiger partial charge in [-0.15, -0.1) is 0 Å². The Morgan fingerprint density at radius 2 is 2.10 bits per heavy atom. The number of carbonyl (C=O) groups is 2. The van der Waals surface area contributed by atoms with E-state index < -0.39 is 35.7 Å². The second-order valence-corrected chi connectivity index (χ2v) is 8.57. The van der Waals surface area contributed by atoms with E-state index in [4.69, 9.17) is 4.74 Å². The van der Waals surface area contributed by atoms with Crippen LogP contribution in [0.3, 0.4) is 0 Å². The lowest BCUT2D eigenvalue weighted by Gasteiger charge is -2.25. The van der Waals surface area contributed by atoms with Gasteiger partial charge in [-0.3, -0.25) is 14.5 Å². The van der Waals surface area contributed by atoms with Gasteiger partial charge in [-0.25, -0.2) is 9.18 Å². The zero-order valence-electron chi connectivity index (χ0n) is 17.9. The molecular weight excluding hydrogens is 389 g/mol. The van der Waals surface area contributed by atoms with Crippen LogP contribution in [0.1, 0.15) is 52.3 Å². The van der Waals surface area contributed by atoms with E-state index >= 15 is 0 Å². The van der Waals surface area contributed by atoms with Gasteiger partial charge in [-0.1, -0.05) is 6.92 Å². The van der Waals surface area contributed by atoms with E-state index in [1.807, 2.05) is 6.07 Å². The van der Waals surface area contributed by atoms with Gasteiger partial charge in [-0.05, 0) is 45.7 Å². The standard InChI is InChI=1S/C21H28FN5O3/c1-12-14(22)6-7-15(26-20(29)30-21(2,3)4)16-10-13(8-9-23-16)18-17(25-19(12)28)11-24-27(18)5/h8-12,14-15H,6-7H2,1-5H3,(H,25,28)(H,26,29)/t12-,14?,15+/m1/s1. The van der Waals surface area contributed by atoms with E-state index in [1.165, 1.54) is 6.20 Å². The minimum absolute atomic E-state index is 0.0842.